The van der Waals surface area contributed by atoms with Gasteiger partial charge in [-0.25, -0.2) is 0 Å². The fraction of sp³-hybridized carbons (Fsp3) is 1.00. The van der Waals surface area contributed by atoms with Gasteiger partial charge in [-0.3, -0.25) is 0 Å². The Hall–Kier alpha value is -0.120. The van der Waals surface area contributed by atoms with Crippen LogP contribution >= 0.6 is 0 Å². The molecule has 1 N–H and O–H groups in total. The predicted octanol–water partition coefficient (Wildman–Crippen LogP) is -0.264. The molecule has 3 heteroatoms. The van der Waals surface area contributed by atoms with Crippen molar-refractivity contribution >= 4 is 0 Å². The number of ether oxygens (including phenoxy) is 1. The second-order valence-electron chi connectivity index (χ2n) is 4.95. The molecule has 4 bridgehead atoms. The Balaban J connectivity index is 2.06. The zero-order chi connectivity index (χ0) is 8.51. The van der Waals surface area contributed by atoms with Gasteiger partial charge in [0, 0.05) is 12.8 Å². The van der Waals surface area contributed by atoms with E-state index in [1.165, 1.54) is 0 Å². The Morgan fingerprint density at radius 1 is 1.25 bits per heavy atom. The summed E-state index contributed by atoms with van der Waals surface area (Å²) >= 11 is 0. The maximum Gasteiger partial charge on any atom is 0.141 e. The molecule has 0 aromatic carbocycles. The van der Waals surface area contributed by atoms with Crippen molar-refractivity contribution in [3.05, 3.63) is 0 Å². The number of hydrogen-bond donors (Lipinski definition) is 1. The maximum atomic E-state index is 9.90. The Morgan fingerprint density at radius 2 is 1.92 bits per heavy atom. The van der Waals surface area contributed by atoms with Crippen molar-refractivity contribution in [2.75, 3.05) is 14.1 Å². The highest BCUT2D eigenvalue weighted by Gasteiger charge is 2.66. The Kier molecular flexibility index (Phi) is 1.13. The van der Waals surface area contributed by atoms with Crippen molar-refractivity contribution in [3.63, 3.8) is 0 Å². The molecule has 0 aliphatic carbocycles. The lowest BCUT2D eigenvalue weighted by Gasteiger charge is -2.41. The van der Waals surface area contributed by atoms with E-state index in [4.69, 9.17) is 4.74 Å². The first kappa shape index (κ1) is 7.30. The summed E-state index contributed by atoms with van der Waals surface area (Å²) in [5.41, 5.74) is 0. The molecule has 0 aromatic rings. The van der Waals surface area contributed by atoms with Crippen LogP contribution in [0.25, 0.3) is 0 Å². The smallest absolute Gasteiger partial charge is 0.141 e. The molecule has 0 saturated carbocycles. The number of piperidine rings is 1. The molecule has 3 nitrogen and oxygen atoms in total. The van der Waals surface area contributed by atoms with Gasteiger partial charge in [-0.05, 0) is 0 Å². The third kappa shape index (κ3) is 0.605. The van der Waals surface area contributed by atoms with Gasteiger partial charge in [0.2, 0.25) is 0 Å². The Labute approximate surface area is 72.5 Å². The van der Waals surface area contributed by atoms with Crippen LogP contribution in [0.4, 0.5) is 0 Å². The first-order chi connectivity index (χ1) is 5.60. The number of quaternary nitrogens is 1. The number of likely N-dealkylation sites (N-methyl/N-ethyl adjacent to an activating group) is 1. The molecule has 0 amide bonds. The molecule has 4 rings (SSSR count). The van der Waals surface area contributed by atoms with Gasteiger partial charge in [0.25, 0.3) is 0 Å². The molecule has 4 saturated heterocycles. The molecule has 4 heterocycles. The number of rotatable bonds is 0. The number of aliphatic hydroxyl groups is 1. The summed E-state index contributed by atoms with van der Waals surface area (Å²) in [5, 5.41) is 9.90. The lowest BCUT2D eigenvalue weighted by Crippen LogP contribution is -2.56. The third-order valence-corrected chi connectivity index (χ3v) is 4.18. The van der Waals surface area contributed by atoms with Crippen molar-refractivity contribution < 1.29 is 14.3 Å². The van der Waals surface area contributed by atoms with Crippen LogP contribution in [0.1, 0.15) is 12.8 Å². The topological polar surface area (TPSA) is 29.5 Å². The van der Waals surface area contributed by atoms with Crippen LogP contribution in [0, 0.1) is 0 Å². The zero-order valence-electron chi connectivity index (χ0n) is 7.60. The Morgan fingerprint density at radius 3 is 2.50 bits per heavy atom. The van der Waals surface area contributed by atoms with Gasteiger partial charge < -0.3 is 14.3 Å². The van der Waals surface area contributed by atoms with Gasteiger partial charge in [-0.15, -0.1) is 0 Å². The van der Waals surface area contributed by atoms with Crippen LogP contribution in [0.3, 0.4) is 0 Å². The summed E-state index contributed by atoms with van der Waals surface area (Å²) in [4.78, 5) is 0. The lowest BCUT2D eigenvalue weighted by atomic mass is 9.98. The summed E-state index contributed by atoms with van der Waals surface area (Å²) in [6.45, 7) is 0. The minimum Gasteiger partial charge on any atom is -0.384 e. The maximum absolute atomic E-state index is 9.90. The summed E-state index contributed by atoms with van der Waals surface area (Å²) in [7, 11) is 4.45. The third-order valence-electron chi connectivity index (χ3n) is 4.18. The van der Waals surface area contributed by atoms with E-state index in [0.29, 0.717) is 18.2 Å². The lowest BCUT2D eigenvalue weighted by molar-refractivity contribution is -0.930. The van der Waals surface area contributed by atoms with E-state index in [0.717, 1.165) is 17.3 Å². The van der Waals surface area contributed by atoms with Crippen molar-refractivity contribution in [1.29, 1.82) is 0 Å². The van der Waals surface area contributed by atoms with E-state index in [9.17, 15) is 5.11 Å². The summed E-state index contributed by atoms with van der Waals surface area (Å²) in [6.07, 6.45) is 2.61. The minimum absolute atomic E-state index is 0.142. The van der Waals surface area contributed by atoms with Gasteiger partial charge in [-0.2, -0.15) is 0 Å². The number of hydrogen-bond acceptors (Lipinski definition) is 2. The fourth-order valence-electron chi connectivity index (χ4n) is 3.42. The van der Waals surface area contributed by atoms with Gasteiger partial charge in [0.05, 0.1) is 20.2 Å². The number of aliphatic hydroxyl groups excluding tert-OH is 1. The van der Waals surface area contributed by atoms with Crippen LogP contribution in [0.2, 0.25) is 0 Å². The SMILES string of the molecule is C[N+]1(C)C2CC3CC1C(O3)C2O. The molecule has 5 unspecified atom stereocenters. The highest BCUT2D eigenvalue weighted by molar-refractivity contribution is 5.04. The van der Waals surface area contributed by atoms with E-state index in [2.05, 4.69) is 14.1 Å². The molecule has 12 heavy (non-hydrogen) atoms. The van der Waals surface area contributed by atoms with Crippen LogP contribution in [-0.2, 0) is 4.74 Å². The molecule has 0 radical (unpaired) electrons. The molecule has 4 aliphatic heterocycles. The monoisotopic (exact) mass is 170 g/mol. The van der Waals surface area contributed by atoms with Crippen LogP contribution in [-0.4, -0.2) is 54.1 Å². The van der Waals surface area contributed by atoms with Crippen molar-refractivity contribution in [2.24, 2.45) is 0 Å². The average molecular weight is 170 g/mol. The van der Waals surface area contributed by atoms with Crippen molar-refractivity contribution in [3.8, 4) is 0 Å². The standard InChI is InChI=1S/C9H16NO2/c1-10(2)6-3-5-4-7(10)9(12-5)8(6)11/h5-9,11H,3-4H2,1-2H3/q+1. The van der Waals surface area contributed by atoms with Crippen molar-refractivity contribution in [1.82, 2.24) is 0 Å². The quantitative estimate of drug-likeness (QED) is 0.507. The van der Waals surface area contributed by atoms with Crippen LogP contribution in [0.5, 0.6) is 0 Å². The second-order valence-corrected chi connectivity index (χ2v) is 4.95. The highest BCUT2D eigenvalue weighted by atomic mass is 16.5. The highest BCUT2D eigenvalue weighted by Crippen LogP contribution is 2.48. The van der Waals surface area contributed by atoms with Gasteiger partial charge in [0.15, 0.2) is 0 Å². The van der Waals surface area contributed by atoms with Gasteiger partial charge in [0.1, 0.15) is 24.3 Å². The first-order valence-electron chi connectivity index (χ1n) is 4.77. The summed E-state index contributed by atoms with van der Waals surface area (Å²) < 4.78 is 6.71. The predicted molar refractivity (Wildman–Crippen MR) is 43.6 cm³/mol. The average Bonchev–Trinajstić information content (AvgIpc) is 2.39. The Bertz CT molecular complexity index is 225. The molecule has 0 spiro atoms. The normalized spacial score (nSPS) is 59.8. The first-order valence-corrected chi connectivity index (χ1v) is 4.77. The minimum atomic E-state index is -0.205. The van der Waals surface area contributed by atoms with E-state index < -0.39 is 0 Å². The van der Waals surface area contributed by atoms with E-state index >= 15 is 0 Å². The van der Waals surface area contributed by atoms with E-state index in [1.54, 1.807) is 0 Å². The zero-order valence-corrected chi connectivity index (χ0v) is 7.60. The van der Waals surface area contributed by atoms with E-state index in [1.807, 2.05) is 0 Å². The van der Waals surface area contributed by atoms with E-state index in [-0.39, 0.29) is 12.2 Å². The fourth-order valence-corrected chi connectivity index (χ4v) is 3.42. The second kappa shape index (κ2) is 1.86. The van der Waals surface area contributed by atoms with Gasteiger partial charge in [-0.1, -0.05) is 0 Å². The van der Waals surface area contributed by atoms with Gasteiger partial charge >= 0.3 is 0 Å². The number of nitrogens with zero attached hydrogens (tertiary/aromatic N) is 1. The molecule has 0 aromatic heterocycles. The molecule has 68 valence electrons. The van der Waals surface area contributed by atoms with Crippen molar-refractivity contribution in [2.45, 2.75) is 43.2 Å². The molecular weight excluding hydrogens is 154 g/mol. The summed E-state index contributed by atoms with van der Waals surface area (Å²) in [5.74, 6) is 0. The largest absolute Gasteiger partial charge is 0.384 e. The molecule has 4 fully saturated rings. The van der Waals surface area contributed by atoms with Crippen LogP contribution in [0.15, 0.2) is 0 Å². The molecular formula is C9H16NO2+. The molecule has 5 atom stereocenters. The molecule has 4 aliphatic rings. The summed E-state index contributed by atoms with van der Waals surface area (Å²) in [6, 6.07) is 0.997. The van der Waals surface area contributed by atoms with Crippen LogP contribution < -0.4 is 0 Å².